The highest BCUT2D eigenvalue weighted by molar-refractivity contribution is 6.30. The van der Waals surface area contributed by atoms with Crippen LogP contribution in [0.3, 0.4) is 0 Å². The van der Waals surface area contributed by atoms with E-state index in [1.807, 2.05) is 48.5 Å². The Labute approximate surface area is 134 Å². The molecule has 0 aliphatic carbocycles. The number of halogens is 1. The Kier molecular flexibility index (Phi) is 4.49. The molecule has 5 heteroatoms. The van der Waals surface area contributed by atoms with Crippen LogP contribution in [-0.2, 0) is 13.0 Å². The molecule has 3 rings (SSSR count). The second kappa shape index (κ2) is 6.71. The maximum absolute atomic E-state index is 12.0. The van der Waals surface area contributed by atoms with Gasteiger partial charge in [0.1, 0.15) is 12.4 Å². The average Bonchev–Trinajstić information content (AvgIpc) is 2.54. The number of benzene rings is 2. The minimum atomic E-state index is -0.192. The van der Waals surface area contributed by atoms with Crippen molar-refractivity contribution in [2.45, 2.75) is 19.0 Å². The molecule has 0 spiro atoms. The van der Waals surface area contributed by atoms with Crippen LogP contribution in [0.5, 0.6) is 5.75 Å². The lowest BCUT2D eigenvalue weighted by molar-refractivity contribution is 0.214. The Morgan fingerprint density at radius 2 is 1.95 bits per heavy atom. The molecule has 2 aromatic carbocycles. The van der Waals surface area contributed by atoms with Crippen molar-refractivity contribution in [1.29, 1.82) is 0 Å². The minimum Gasteiger partial charge on any atom is -0.491 e. The number of para-hydroxylation sites is 1. The number of rotatable bonds is 3. The van der Waals surface area contributed by atoms with Gasteiger partial charge in [-0.05, 0) is 35.7 Å². The quantitative estimate of drug-likeness (QED) is 0.914. The SMILES string of the molecule is O=C(NCc1ccc(Cl)cc1)N[C@H]1COc2ccccc2C1. The van der Waals surface area contributed by atoms with Crippen molar-refractivity contribution in [3.63, 3.8) is 0 Å². The van der Waals surface area contributed by atoms with Gasteiger partial charge >= 0.3 is 6.03 Å². The molecule has 0 fully saturated rings. The van der Waals surface area contributed by atoms with Gasteiger partial charge in [0.05, 0.1) is 6.04 Å². The Bertz CT molecular complexity index is 658. The zero-order chi connectivity index (χ0) is 15.4. The van der Waals surface area contributed by atoms with Gasteiger partial charge < -0.3 is 15.4 Å². The van der Waals surface area contributed by atoms with Crippen molar-refractivity contribution in [3.8, 4) is 5.75 Å². The Hall–Kier alpha value is -2.20. The summed E-state index contributed by atoms with van der Waals surface area (Å²) in [5.41, 5.74) is 2.13. The van der Waals surface area contributed by atoms with E-state index in [1.54, 1.807) is 0 Å². The number of carbonyl (C=O) groups is 1. The molecule has 22 heavy (non-hydrogen) atoms. The summed E-state index contributed by atoms with van der Waals surface area (Å²) in [5.74, 6) is 0.905. The van der Waals surface area contributed by atoms with E-state index in [2.05, 4.69) is 10.6 Å². The van der Waals surface area contributed by atoms with Crippen LogP contribution in [0.2, 0.25) is 5.02 Å². The van der Waals surface area contributed by atoms with Crippen molar-refractivity contribution in [2.75, 3.05) is 6.61 Å². The Morgan fingerprint density at radius 3 is 2.77 bits per heavy atom. The summed E-state index contributed by atoms with van der Waals surface area (Å²) in [7, 11) is 0. The summed E-state index contributed by atoms with van der Waals surface area (Å²) in [4.78, 5) is 12.0. The van der Waals surface area contributed by atoms with Crippen LogP contribution in [-0.4, -0.2) is 18.7 Å². The summed E-state index contributed by atoms with van der Waals surface area (Å²) < 4.78 is 5.66. The Balaban J connectivity index is 1.49. The van der Waals surface area contributed by atoms with Crippen molar-refractivity contribution < 1.29 is 9.53 Å². The Morgan fingerprint density at radius 1 is 1.18 bits per heavy atom. The van der Waals surface area contributed by atoms with Crippen LogP contribution in [0.15, 0.2) is 48.5 Å². The molecule has 1 atom stereocenters. The molecule has 4 nitrogen and oxygen atoms in total. The first kappa shape index (κ1) is 14.7. The van der Waals surface area contributed by atoms with E-state index in [4.69, 9.17) is 16.3 Å². The number of nitrogens with one attached hydrogen (secondary N) is 2. The lowest BCUT2D eigenvalue weighted by Gasteiger charge is -2.26. The third kappa shape index (κ3) is 3.71. The highest BCUT2D eigenvalue weighted by atomic mass is 35.5. The number of fused-ring (bicyclic) bond motifs is 1. The van der Waals surface area contributed by atoms with Crippen LogP contribution in [0, 0.1) is 0 Å². The average molecular weight is 317 g/mol. The second-order valence-corrected chi connectivity index (χ2v) is 5.71. The lowest BCUT2D eigenvalue weighted by Crippen LogP contribution is -2.47. The number of amides is 2. The number of carbonyl (C=O) groups excluding carboxylic acids is 1. The summed E-state index contributed by atoms with van der Waals surface area (Å²) >= 11 is 5.83. The van der Waals surface area contributed by atoms with E-state index in [9.17, 15) is 4.79 Å². The maximum Gasteiger partial charge on any atom is 0.315 e. The highest BCUT2D eigenvalue weighted by Gasteiger charge is 2.20. The summed E-state index contributed by atoms with van der Waals surface area (Å²) in [5, 5.41) is 6.47. The summed E-state index contributed by atoms with van der Waals surface area (Å²) in [6, 6.07) is 15.1. The monoisotopic (exact) mass is 316 g/mol. The summed E-state index contributed by atoms with van der Waals surface area (Å²) in [6.45, 7) is 0.957. The van der Waals surface area contributed by atoms with E-state index in [1.165, 1.54) is 0 Å². The molecule has 1 aliphatic heterocycles. The molecule has 0 unspecified atom stereocenters. The second-order valence-electron chi connectivity index (χ2n) is 5.27. The highest BCUT2D eigenvalue weighted by Crippen LogP contribution is 2.23. The molecule has 2 amide bonds. The fourth-order valence-electron chi connectivity index (χ4n) is 2.44. The van der Waals surface area contributed by atoms with Gasteiger partial charge in [-0.25, -0.2) is 4.79 Å². The van der Waals surface area contributed by atoms with Crippen LogP contribution < -0.4 is 15.4 Å². The fraction of sp³-hybridized carbons (Fsp3) is 0.235. The van der Waals surface area contributed by atoms with Gasteiger partial charge in [-0.1, -0.05) is 41.9 Å². The number of hydrogen-bond acceptors (Lipinski definition) is 2. The van der Waals surface area contributed by atoms with Crippen LogP contribution in [0.4, 0.5) is 4.79 Å². The van der Waals surface area contributed by atoms with E-state index < -0.39 is 0 Å². The summed E-state index contributed by atoms with van der Waals surface area (Å²) in [6.07, 6.45) is 0.782. The molecule has 0 saturated heterocycles. The third-order valence-electron chi connectivity index (χ3n) is 3.58. The standard InChI is InChI=1S/C17H17ClN2O2/c18-14-7-5-12(6-8-14)10-19-17(21)20-15-9-13-3-1-2-4-16(13)22-11-15/h1-8,15H,9-11H2,(H2,19,20,21)/t15-/m1/s1. The van der Waals surface area contributed by atoms with Gasteiger partial charge in [0.15, 0.2) is 0 Å². The maximum atomic E-state index is 12.0. The topological polar surface area (TPSA) is 50.4 Å². The molecule has 0 bridgehead atoms. The number of hydrogen-bond donors (Lipinski definition) is 2. The molecule has 2 N–H and O–H groups in total. The number of ether oxygens (including phenoxy) is 1. The molecular weight excluding hydrogens is 300 g/mol. The predicted octanol–water partition coefficient (Wildman–Crippen LogP) is 3.14. The van der Waals surface area contributed by atoms with Gasteiger partial charge in [-0.3, -0.25) is 0 Å². The van der Waals surface area contributed by atoms with E-state index >= 15 is 0 Å². The zero-order valence-electron chi connectivity index (χ0n) is 12.0. The van der Waals surface area contributed by atoms with Crippen molar-refractivity contribution in [1.82, 2.24) is 10.6 Å². The van der Waals surface area contributed by atoms with Gasteiger partial charge in [0.25, 0.3) is 0 Å². The van der Waals surface area contributed by atoms with E-state index in [0.29, 0.717) is 18.2 Å². The smallest absolute Gasteiger partial charge is 0.315 e. The lowest BCUT2D eigenvalue weighted by atomic mass is 10.0. The molecule has 1 aliphatic rings. The van der Waals surface area contributed by atoms with Crippen LogP contribution in [0.25, 0.3) is 0 Å². The molecule has 0 radical (unpaired) electrons. The largest absolute Gasteiger partial charge is 0.491 e. The molecule has 0 saturated carbocycles. The fourth-order valence-corrected chi connectivity index (χ4v) is 2.57. The normalized spacial score (nSPS) is 16.3. The first-order valence-electron chi connectivity index (χ1n) is 7.20. The van der Waals surface area contributed by atoms with Crippen molar-refractivity contribution in [3.05, 3.63) is 64.7 Å². The number of urea groups is 1. The van der Waals surface area contributed by atoms with E-state index in [-0.39, 0.29) is 12.1 Å². The van der Waals surface area contributed by atoms with Crippen LogP contribution in [0.1, 0.15) is 11.1 Å². The first-order chi connectivity index (χ1) is 10.7. The van der Waals surface area contributed by atoms with Gasteiger partial charge in [0, 0.05) is 11.6 Å². The minimum absolute atomic E-state index is 0.0138. The van der Waals surface area contributed by atoms with E-state index in [0.717, 1.165) is 23.3 Å². The zero-order valence-corrected chi connectivity index (χ0v) is 12.8. The predicted molar refractivity (Wildman–Crippen MR) is 86.3 cm³/mol. The van der Waals surface area contributed by atoms with Crippen molar-refractivity contribution >= 4 is 17.6 Å². The molecule has 2 aromatic rings. The molecule has 114 valence electrons. The first-order valence-corrected chi connectivity index (χ1v) is 7.58. The van der Waals surface area contributed by atoms with Gasteiger partial charge in [-0.15, -0.1) is 0 Å². The van der Waals surface area contributed by atoms with Gasteiger partial charge in [0.2, 0.25) is 0 Å². The molecule has 1 heterocycles. The van der Waals surface area contributed by atoms with Gasteiger partial charge in [-0.2, -0.15) is 0 Å². The van der Waals surface area contributed by atoms with Crippen LogP contribution >= 0.6 is 11.6 Å². The van der Waals surface area contributed by atoms with Crippen molar-refractivity contribution in [2.24, 2.45) is 0 Å². The third-order valence-corrected chi connectivity index (χ3v) is 3.83. The molecular formula is C17H17ClN2O2. The molecule has 0 aromatic heterocycles.